The number of nitrogens with one attached hydrogen (secondary N) is 1. The van der Waals surface area contributed by atoms with Crippen LogP contribution >= 0.6 is 11.6 Å². The van der Waals surface area contributed by atoms with Gasteiger partial charge in [0.05, 0.1) is 0 Å². The third-order valence-electron chi connectivity index (χ3n) is 4.66. The fraction of sp³-hybridized carbons (Fsp3) is 0.350. The summed E-state index contributed by atoms with van der Waals surface area (Å²) >= 11 is 6.11. The molecule has 0 aromatic heterocycles. The lowest BCUT2D eigenvalue weighted by Crippen LogP contribution is -2.49. The summed E-state index contributed by atoms with van der Waals surface area (Å²) in [6.07, 6.45) is 0.446. The largest absolute Gasteiger partial charge is 0.384 e. The van der Waals surface area contributed by atoms with Crippen molar-refractivity contribution in [1.82, 2.24) is 4.90 Å². The molecule has 0 aliphatic carbocycles. The lowest BCUT2D eigenvalue weighted by molar-refractivity contribution is -0.131. The van der Waals surface area contributed by atoms with Crippen molar-refractivity contribution in [3.8, 4) is 0 Å². The van der Waals surface area contributed by atoms with Crippen LogP contribution in [0, 0.1) is 12.7 Å². The number of hydrogen-bond donors (Lipinski definition) is 1. The third kappa shape index (κ3) is 4.67. The van der Waals surface area contributed by atoms with Gasteiger partial charge in [0.15, 0.2) is 0 Å². The maximum absolute atomic E-state index is 13.0. The molecule has 1 aliphatic rings. The van der Waals surface area contributed by atoms with Crippen LogP contribution in [0.2, 0.25) is 5.02 Å². The Bertz CT molecular complexity index is 758. The van der Waals surface area contributed by atoms with Gasteiger partial charge in [0.2, 0.25) is 5.91 Å². The van der Waals surface area contributed by atoms with Crippen LogP contribution in [0.5, 0.6) is 0 Å². The van der Waals surface area contributed by atoms with Gasteiger partial charge >= 0.3 is 0 Å². The molecule has 0 atom stereocenters. The van der Waals surface area contributed by atoms with Gasteiger partial charge in [-0.1, -0.05) is 17.7 Å². The fourth-order valence-corrected chi connectivity index (χ4v) is 3.22. The topological polar surface area (TPSA) is 35.6 Å². The molecule has 4 nitrogen and oxygen atoms in total. The number of carbonyl (C=O) groups excluding carboxylic acids is 1. The van der Waals surface area contributed by atoms with Crippen molar-refractivity contribution >= 4 is 28.9 Å². The van der Waals surface area contributed by atoms with E-state index in [9.17, 15) is 9.18 Å². The lowest BCUT2D eigenvalue weighted by atomic mass is 10.2. The number of aryl methyl sites for hydroxylation is 1. The predicted octanol–water partition coefficient (Wildman–Crippen LogP) is 3.94. The van der Waals surface area contributed by atoms with Crippen LogP contribution in [0.25, 0.3) is 0 Å². The zero-order valence-corrected chi connectivity index (χ0v) is 15.6. The minimum absolute atomic E-state index is 0.148. The summed E-state index contributed by atoms with van der Waals surface area (Å²) in [5.41, 5.74) is 2.96. The Balaban J connectivity index is 1.43. The van der Waals surface area contributed by atoms with E-state index in [0.29, 0.717) is 26.1 Å². The van der Waals surface area contributed by atoms with Gasteiger partial charge in [-0.3, -0.25) is 4.79 Å². The molecule has 2 aromatic carbocycles. The molecular weight excluding hydrogens is 353 g/mol. The van der Waals surface area contributed by atoms with Gasteiger partial charge in [-0.05, 0) is 48.9 Å². The summed E-state index contributed by atoms with van der Waals surface area (Å²) in [4.78, 5) is 16.5. The maximum Gasteiger partial charge on any atom is 0.224 e. The van der Waals surface area contributed by atoms with Gasteiger partial charge in [-0.2, -0.15) is 0 Å². The Labute approximate surface area is 158 Å². The van der Waals surface area contributed by atoms with Crippen LogP contribution in [0.15, 0.2) is 42.5 Å². The number of carbonyl (C=O) groups is 1. The highest BCUT2D eigenvalue weighted by Gasteiger charge is 2.20. The van der Waals surface area contributed by atoms with Crippen LogP contribution in [-0.4, -0.2) is 43.5 Å². The Hall–Kier alpha value is -2.27. The Morgan fingerprint density at radius 2 is 1.81 bits per heavy atom. The quantitative estimate of drug-likeness (QED) is 0.859. The molecule has 1 heterocycles. The van der Waals surface area contributed by atoms with Crippen molar-refractivity contribution in [2.75, 3.05) is 42.9 Å². The average Bonchev–Trinajstić information content (AvgIpc) is 2.65. The van der Waals surface area contributed by atoms with E-state index in [1.165, 1.54) is 12.1 Å². The van der Waals surface area contributed by atoms with E-state index in [4.69, 9.17) is 11.6 Å². The second-order valence-corrected chi connectivity index (χ2v) is 6.89. The van der Waals surface area contributed by atoms with E-state index in [2.05, 4.69) is 10.2 Å². The highest BCUT2D eigenvalue weighted by atomic mass is 35.5. The number of benzene rings is 2. The summed E-state index contributed by atoms with van der Waals surface area (Å²) < 4.78 is 13.0. The normalized spacial score (nSPS) is 14.4. The number of hydrogen-bond acceptors (Lipinski definition) is 3. The molecule has 0 unspecified atom stereocenters. The van der Waals surface area contributed by atoms with E-state index in [-0.39, 0.29) is 11.7 Å². The molecule has 1 amide bonds. The summed E-state index contributed by atoms with van der Waals surface area (Å²) in [7, 11) is 0. The van der Waals surface area contributed by atoms with Crippen molar-refractivity contribution in [2.45, 2.75) is 13.3 Å². The van der Waals surface area contributed by atoms with E-state index in [1.54, 1.807) is 12.1 Å². The molecule has 26 heavy (non-hydrogen) atoms. The minimum atomic E-state index is -0.232. The van der Waals surface area contributed by atoms with Crippen molar-refractivity contribution in [3.05, 3.63) is 58.9 Å². The molecule has 0 radical (unpaired) electrons. The SMILES string of the molecule is Cc1ccc(NCCC(=O)N2CCN(c3ccc(F)cc3)CC2)cc1Cl. The fourth-order valence-electron chi connectivity index (χ4n) is 3.04. The molecular formula is C20H23ClFN3O. The standard InChI is InChI=1S/C20H23ClFN3O/c1-15-2-5-17(14-19(15)21)23-9-8-20(26)25-12-10-24(11-13-25)18-6-3-16(22)4-7-18/h2-7,14,23H,8-13H2,1H3. The van der Waals surface area contributed by atoms with Crippen molar-refractivity contribution < 1.29 is 9.18 Å². The maximum atomic E-state index is 13.0. The zero-order chi connectivity index (χ0) is 18.5. The van der Waals surface area contributed by atoms with Crippen LogP contribution in [-0.2, 0) is 4.79 Å². The van der Waals surface area contributed by atoms with Crippen molar-refractivity contribution in [2.24, 2.45) is 0 Å². The molecule has 0 spiro atoms. The Kier molecular flexibility index (Phi) is 5.99. The second-order valence-electron chi connectivity index (χ2n) is 6.48. The van der Waals surface area contributed by atoms with E-state index < -0.39 is 0 Å². The second kappa shape index (κ2) is 8.41. The van der Waals surface area contributed by atoms with Gasteiger partial charge < -0.3 is 15.1 Å². The number of amides is 1. The van der Waals surface area contributed by atoms with Gasteiger partial charge in [0.25, 0.3) is 0 Å². The first kappa shape index (κ1) is 18.5. The summed E-state index contributed by atoms with van der Waals surface area (Å²) in [5.74, 6) is -0.0839. The van der Waals surface area contributed by atoms with Gasteiger partial charge in [-0.15, -0.1) is 0 Å². The summed E-state index contributed by atoms with van der Waals surface area (Å²) in [6, 6.07) is 12.3. The Morgan fingerprint density at radius 1 is 1.12 bits per heavy atom. The molecule has 0 saturated carbocycles. The number of rotatable bonds is 5. The minimum Gasteiger partial charge on any atom is -0.384 e. The van der Waals surface area contributed by atoms with Crippen LogP contribution in [0.3, 0.4) is 0 Å². The van der Waals surface area contributed by atoms with E-state index in [0.717, 1.165) is 35.1 Å². The molecule has 6 heteroatoms. The molecule has 0 bridgehead atoms. The predicted molar refractivity (Wildman–Crippen MR) is 104 cm³/mol. The molecule has 1 fully saturated rings. The molecule has 138 valence electrons. The van der Waals surface area contributed by atoms with E-state index in [1.807, 2.05) is 30.0 Å². The first-order valence-electron chi connectivity index (χ1n) is 8.81. The van der Waals surface area contributed by atoms with E-state index >= 15 is 0 Å². The smallest absolute Gasteiger partial charge is 0.224 e. The number of nitrogens with zero attached hydrogens (tertiary/aromatic N) is 2. The first-order valence-corrected chi connectivity index (χ1v) is 9.19. The molecule has 1 saturated heterocycles. The molecule has 3 rings (SSSR count). The zero-order valence-electron chi connectivity index (χ0n) is 14.8. The summed E-state index contributed by atoms with van der Waals surface area (Å²) in [6.45, 7) is 5.44. The van der Waals surface area contributed by atoms with Crippen LogP contribution in [0.1, 0.15) is 12.0 Å². The molecule has 2 aromatic rings. The molecule has 1 aliphatic heterocycles. The van der Waals surface area contributed by atoms with Crippen LogP contribution < -0.4 is 10.2 Å². The highest BCUT2D eigenvalue weighted by molar-refractivity contribution is 6.31. The average molecular weight is 376 g/mol. The van der Waals surface area contributed by atoms with Gasteiger partial charge in [-0.25, -0.2) is 4.39 Å². The molecule has 1 N–H and O–H groups in total. The highest BCUT2D eigenvalue weighted by Crippen LogP contribution is 2.20. The number of piperazine rings is 1. The van der Waals surface area contributed by atoms with Crippen LogP contribution in [0.4, 0.5) is 15.8 Å². The summed E-state index contributed by atoms with van der Waals surface area (Å²) in [5, 5.41) is 3.97. The lowest BCUT2D eigenvalue weighted by Gasteiger charge is -2.36. The Morgan fingerprint density at radius 3 is 2.46 bits per heavy atom. The monoisotopic (exact) mass is 375 g/mol. The van der Waals surface area contributed by atoms with Crippen molar-refractivity contribution in [3.63, 3.8) is 0 Å². The number of halogens is 2. The van der Waals surface area contributed by atoms with Crippen molar-refractivity contribution in [1.29, 1.82) is 0 Å². The first-order chi connectivity index (χ1) is 12.5. The van der Waals surface area contributed by atoms with Gasteiger partial charge in [0, 0.05) is 55.5 Å². The number of anilines is 2. The third-order valence-corrected chi connectivity index (χ3v) is 5.07. The van der Waals surface area contributed by atoms with Gasteiger partial charge in [0.1, 0.15) is 5.82 Å².